The number of pyridine rings is 2. The van der Waals surface area contributed by atoms with Crippen molar-refractivity contribution in [3.8, 4) is 61.6 Å². The number of aromatic amines is 1. The zero-order chi connectivity index (χ0) is 35.3. The molecule has 0 fully saturated rings. The average Bonchev–Trinajstić information content (AvgIpc) is 3.23. The van der Waals surface area contributed by atoms with Gasteiger partial charge in [-0.25, -0.2) is 9.97 Å². The fourth-order valence-corrected chi connectivity index (χ4v) is 7.88. The number of nitrogens with zero attached hydrogens (tertiary/aromatic N) is 1. The number of H-pyrrole nitrogens is 1. The van der Waals surface area contributed by atoms with Crippen LogP contribution in [-0.2, 0) is 0 Å². The maximum atomic E-state index is 12.7. The molecule has 54 heavy (non-hydrogen) atoms. The normalized spacial score (nSPS) is 11.3. The Morgan fingerprint density at radius 3 is 1.78 bits per heavy atom. The van der Waals surface area contributed by atoms with Gasteiger partial charge in [-0.15, -0.1) is 0 Å². The summed E-state index contributed by atoms with van der Waals surface area (Å²) in [5.74, 6) is -0.0121. The van der Waals surface area contributed by atoms with Crippen molar-refractivity contribution in [3.63, 3.8) is 0 Å². The molecule has 2 aromatic heterocycles. The molecule has 1 N–H and O–H groups in total. The molecule has 0 radical (unpaired) electrons. The second-order valence-electron chi connectivity index (χ2n) is 13.5. The van der Waals surface area contributed by atoms with E-state index in [-0.39, 0.29) is 24.6 Å². The molecule has 10 rings (SSSR count). The van der Waals surface area contributed by atoms with Crippen LogP contribution < -0.4 is 29.0 Å². The molecule has 8 aromatic carbocycles. The molecular weight excluding hydrogens is 652 g/mol. The van der Waals surface area contributed by atoms with E-state index in [1.165, 1.54) is 49.4 Å². The van der Waals surface area contributed by atoms with Gasteiger partial charge in [0.2, 0.25) is 11.2 Å². The van der Waals surface area contributed by atoms with E-state index in [1.54, 1.807) is 12.1 Å². The van der Waals surface area contributed by atoms with Gasteiger partial charge in [-0.2, -0.15) is 0 Å². The molecule has 0 atom stereocenters. The first-order chi connectivity index (χ1) is 26.2. The summed E-state index contributed by atoms with van der Waals surface area (Å²) in [6.45, 7) is 0. The number of nitrogens with one attached hydrogen (secondary N) is 1. The van der Waals surface area contributed by atoms with E-state index in [1.807, 2.05) is 18.2 Å². The van der Waals surface area contributed by atoms with Crippen LogP contribution in [0.3, 0.4) is 0 Å². The Bertz CT molecular complexity index is 3010. The van der Waals surface area contributed by atoms with E-state index in [0.717, 1.165) is 44.3 Å². The summed E-state index contributed by atoms with van der Waals surface area (Å²) < 4.78 is 0. The monoisotopic (exact) mass is 683 g/mol. The molecule has 0 unspecified atom stereocenters. The Morgan fingerprint density at radius 1 is 0.407 bits per heavy atom. The topological polar surface area (TPSA) is 50.1 Å². The second kappa shape index (κ2) is 13.8. The number of rotatable bonds is 5. The minimum atomic E-state index is -0.0121. The first kappa shape index (κ1) is 33.3. The average molecular weight is 684 g/mol. The fourth-order valence-electron chi connectivity index (χ4n) is 7.88. The van der Waals surface area contributed by atoms with Crippen molar-refractivity contribution in [2.75, 3.05) is 0 Å². The standard InChI is InChI=1S/C50H32N2O.Li/c53-46-21-10-9-20-42(46)45-29-26-35-23-22-34-25-28-44(51-49(34)50(35)52-45)37-16-11-17-38(30-37)48-40-19-8-7-18-39(40)47(33-14-5-2-6-15-33)43-31-36(24-27-41(43)48)32-12-3-1-4-13-32;/h1-31,53H;/q;+1. The van der Waals surface area contributed by atoms with Crippen LogP contribution in [0.15, 0.2) is 188 Å². The van der Waals surface area contributed by atoms with Gasteiger partial charge in [0.25, 0.3) is 0 Å². The third-order valence-corrected chi connectivity index (χ3v) is 10.4. The van der Waals surface area contributed by atoms with Crippen molar-refractivity contribution in [1.82, 2.24) is 4.98 Å². The molecular formula is C50H32LiN2O+. The maximum absolute atomic E-state index is 12.7. The van der Waals surface area contributed by atoms with Gasteiger partial charge in [-0.05, 0) is 91.3 Å². The molecule has 248 valence electrons. The summed E-state index contributed by atoms with van der Waals surface area (Å²) >= 11 is 0. The largest absolute Gasteiger partial charge is 1.00 e. The predicted molar refractivity (Wildman–Crippen MR) is 217 cm³/mol. The molecule has 0 spiro atoms. The predicted octanol–water partition coefficient (Wildman–Crippen LogP) is 8.92. The van der Waals surface area contributed by atoms with Gasteiger partial charge < -0.3 is 5.11 Å². The first-order valence-electron chi connectivity index (χ1n) is 17.9. The van der Waals surface area contributed by atoms with E-state index < -0.39 is 0 Å². The van der Waals surface area contributed by atoms with Gasteiger partial charge in [0.1, 0.15) is 5.52 Å². The Kier molecular flexibility index (Phi) is 8.52. The number of fused-ring (bicyclic) bond motifs is 5. The molecule has 2 heterocycles. The molecule has 0 aliphatic heterocycles. The molecule has 0 bridgehead atoms. The van der Waals surface area contributed by atoms with Crippen LogP contribution in [0.25, 0.3) is 99.2 Å². The summed E-state index contributed by atoms with van der Waals surface area (Å²) in [4.78, 5) is 8.84. The van der Waals surface area contributed by atoms with Crippen molar-refractivity contribution >= 4 is 43.4 Å². The van der Waals surface area contributed by atoms with Crippen molar-refractivity contribution in [1.29, 1.82) is 0 Å². The quantitative estimate of drug-likeness (QED) is 0.103. The summed E-state index contributed by atoms with van der Waals surface area (Å²) in [6.07, 6.45) is 0. The number of hydrogen-bond acceptors (Lipinski definition) is 2. The number of benzene rings is 8. The molecule has 0 amide bonds. The first-order valence-corrected chi connectivity index (χ1v) is 17.9. The zero-order valence-electron chi connectivity index (χ0n) is 29.8. The maximum Gasteiger partial charge on any atom is 1.00 e. The number of aromatic nitrogens is 2. The molecule has 4 heteroatoms. The van der Waals surface area contributed by atoms with Gasteiger partial charge in [-0.3, -0.25) is 0 Å². The smallest absolute Gasteiger partial charge is 0.872 e. The van der Waals surface area contributed by atoms with Crippen LogP contribution >= 0.6 is 0 Å². The Hall–Kier alpha value is -6.50. The summed E-state index contributed by atoms with van der Waals surface area (Å²) in [7, 11) is 0. The number of para-hydroxylation sites is 1. The summed E-state index contributed by atoms with van der Waals surface area (Å²) in [5.41, 5.74) is 12.3. The van der Waals surface area contributed by atoms with Gasteiger partial charge >= 0.3 is 18.9 Å². The molecule has 3 nitrogen and oxygen atoms in total. The Morgan fingerprint density at radius 2 is 1.00 bits per heavy atom. The van der Waals surface area contributed by atoms with Gasteiger partial charge in [0.15, 0.2) is 0 Å². The van der Waals surface area contributed by atoms with Gasteiger partial charge in [0, 0.05) is 28.0 Å². The van der Waals surface area contributed by atoms with E-state index in [2.05, 4.69) is 163 Å². The minimum Gasteiger partial charge on any atom is -0.872 e. The van der Waals surface area contributed by atoms with Crippen molar-refractivity contribution in [2.24, 2.45) is 0 Å². The van der Waals surface area contributed by atoms with Crippen LogP contribution in [0, 0.1) is 0 Å². The van der Waals surface area contributed by atoms with E-state index in [0.29, 0.717) is 5.56 Å². The van der Waals surface area contributed by atoms with Gasteiger partial charge in [0.05, 0.1) is 5.69 Å². The van der Waals surface area contributed by atoms with Crippen LogP contribution in [0.5, 0.6) is 5.75 Å². The molecule has 0 saturated carbocycles. The van der Waals surface area contributed by atoms with Crippen molar-refractivity contribution < 1.29 is 29.0 Å². The van der Waals surface area contributed by atoms with Crippen LogP contribution in [0.2, 0.25) is 0 Å². The Balaban J connectivity index is 0.00000384. The van der Waals surface area contributed by atoms with Crippen molar-refractivity contribution in [3.05, 3.63) is 188 Å². The third kappa shape index (κ3) is 5.72. The third-order valence-electron chi connectivity index (χ3n) is 10.4. The fraction of sp³-hybridized carbons (Fsp3) is 0. The molecule has 0 aliphatic rings. The Labute approximate surface area is 325 Å². The number of hydrogen-bond donors (Lipinski definition) is 0. The van der Waals surface area contributed by atoms with Gasteiger partial charge in [-0.1, -0.05) is 151 Å². The molecule has 10 aromatic rings. The SMILES string of the molecule is [Li+].[O-]c1ccccc1-c1ccc2ccc3ccc(-c4cccc(-c5c6ccccc6c(-c6ccccc6)c6cc(-c7ccccc7)ccc56)c4)nc3c2[nH+]1. The molecule has 0 saturated heterocycles. The zero-order valence-corrected chi connectivity index (χ0v) is 29.8. The second-order valence-corrected chi connectivity index (χ2v) is 13.5. The van der Waals surface area contributed by atoms with Crippen LogP contribution in [0.4, 0.5) is 0 Å². The minimum absolute atomic E-state index is 0. The summed E-state index contributed by atoms with van der Waals surface area (Å²) in [6, 6.07) is 65.4. The van der Waals surface area contributed by atoms with Crippen LogP contribution in [0.1, 0.15) is 0 Å². The van der Waals surface area contributed by atoms with E-state index >= 15 is 0 Å². The van der Waals surface area contributed by atoms with Crippen molar-refractivity contribution in [2.45, 2.75) is 0 Å². The van der Waals surface area contributed by atoms with Crippen LogP contribution in [-0.4, -0.2) is 4.98 Å². The van der Waals surface area contributed by atoms with E-state index in [9.17, 15) is 5.11 Å². The summed E-state index contributed by atoms with van der Waals surface area (Å²) in [5, 5.41) is 19.6. The molecule has 0 aliphatic carbocycles. The van der Waals surface area contributed by atoms with E-state index in [4.69, 9.17) is 4.98 Å².